The number of halogens is 1. The maximum atomic E-state index is 8.00. The van der Waals surface area contributed by atoms with Crippen LogP contribution in [-0.4, -0.2) is 38.9 Å². The Labute approximate surface area is 192 Å². The van der Waals surface area contributed by atoms with Gasteiger partial charge in [-0.25, -0.2) is 0 Å². The summed E-state index contributed by atoms with van der Waals surface area (Å²) in [6, 6.07) is 8.36. The molecule has 2 N–H and O–H groups in total. The molecule has 0 spiro atoms. The number of hydrogen-bond acceptors (Lipinski definition) is 5. The highest BCUT2D eigenvalue weighted by Gasteiger charge is 2.39. The molecule has 0 fully saturated rings. The van der Waals surface area contributed by atoms with Crippen LogP contribution in [0.3, 0.4) is 0 Å². The smallest absolute Gasteiger partial charge is 0.220 e. The molecular formula is C25H36ClN3O2. The monoisotopic (exact) mass is 445 g/mol. The summed E-state index contributed by atoms with van der Waals surface area (Å²) in [6.07, 6.45) is 9.02. The minimum absolute atomic E-state index is 0.106. The van der Waals surface area contributed by atoms with E-state index >= 15 is 0 Å². The molecule has 2 aliphatic heterocycles. The van der Waals surface area contributed by atoms with Crippen LogP contribution in [0.15, 0.2) is 71.2 Å². The van der Waals surface area contributed by atoms with Crippen LogP contribution < -0.4 is 10.8 Å². The van der Waals surface area contributed by atoms with Gasteiger partial charge in [0.2, 0.25) is 5.88 Å². The number of allylic oxidation sites excluding steroid dienone is 3. The van der Waals surface area contributed by atoms with Crippen molar-refractivity contribution in [2.75, 3.05) is 21.1 Å². The summed E-state index contributed by atoms with van der Waals surface area (Å²) in [5.41, 5.74) is 8.11. The first-order chi connectivity index (χ1) is 15.0. The zero-order valence-corrected chi connectivity index (χ0v) is 20.5. The second-order valence-corrected chi connectivity index (χ2v) is 7.61. The van der Waals surface area contributed by atoms with E-state index in [1.54, 1.807) is 0 Å². The van der Waals surface area contributed by atoms with E-state index in [0.717, 1.165) is 10.9 Å². The topological polar surface area (TPSA) is 53.6 Å². The molecule has 170 valence electrons. The normalized spacial score (nSPS) is 23.1. The highest BCUT2D eigenvalue weighted by Crippen LogP contribution is 2.45. The molecule has 1 aromatic rings. The van der Waals surface area contributed by atoms with Gasteiger partial charge < -0.3 is 19.8 Å². The van der Waals surface area contributed by atoms with E-state index in [4.69, 9.17) is 21.2 Å². The molecule has 31 heavy (non-hydrogen) atoms. The highest BCUT2D eigenvalue weighted by atomic mass is 35.5. The molecule has 1 aromatic carbocycles. The largest absolute Gasteiger partial charge is 0.390 e. The molecule has 0 amide bonds. The first-order valence-electron chi connectivity index (χ1n) is 10.6. The Morgan fingerprint density at radius 3 is 2.19 bits per heavy atom. The van der Waals surface area contributed by atoms with Crippen molar-refractivity contribution in [3.63, 3.8) is 0 Å². The third-order valence-corrected chi connectivity index (χ3v) is 5.18. The van der Waals surface area contributed by atoms with Gasteiger partial charge in [-0.3, -0.25) is 0 Å². The number of carbonyl (C=O) groups is 1. The molecule has 0 aromatic heterocycles. The van der Waals surface area contributed by atoms with Crippen LogP contribution in [0.1, 0.15) is 39.3 Å². The number of nitrogens with zero attached hydrogens (tertiary/aromatic N) is 1. The highest BCUT2D eigenvalue weighted by molar-refractivity contribution is 6.30. The maximum Gasteiger partial charge on any atom is 0.220 e. The van der Waals surface area contributed by atoms with Gasteiger partial charge in [0.05, 0.1) is 12.1 Å². The quantitative estimate of drug-likeness (QED) is 0.622. The average molecular weight is 446 g/mol. The van der Waals surface area contributed by atoms with Gasteiger partial charge >= 0.3 is 0 Å². The van der Waals surface area contributed by atoms with Crippen LogP contribution in [0.4, 0.5) is 0 Å². The number of rotatable bonds is 1. The zero-order chi connectivity index (χ0) is 23.6. The molecule has 0 saturated heterocycles. The van der Waals surface area contributed by atoms with Gasteiger partial charge in [0.15, 0.2) is 0 Å². The van der Waals surface area contributed by atoms with Crippen LogP contribution in [0.25, 0.3) is 0 Å². The minimum atomic E-state index is 0.106. The van der Waals surface area contributed by atoms with E-state index < -0.39 is 0 Å². The molecule has 5 nitrogen and oxygen atoms in total. The molecule has 6 heteroatoms. The van der Waals surface area contributed by atoms with Crippen molar-refractivity contribution < 1.29 is 9.63 Å². The first kappa shape index (κ1) is 26.7. The zero-order valence-electron chi connectivity index (χ0n) is 19.7. The summed E-state index contributed by atoms with van der Waals surface area (Å²) in [6.45, 7) is 10.3. The lowest BCUT2D eigenvalue weighted by Crippen LogP contribution is -2.30. The Kier molecular flexibility index (Phi) is 11.3. The van der Waals surface area contributed by atoms with Gasteiger partial charge in [0.25, 0.3) is 0 Å². The van der Waals surface area contributed by atoms with E-state index in [1.807, 2.05) is 46.9 Å². The van der Waals surface area contributed by atoms with Crippen LogP contribution in [0, 0.1) is 5.92 Å². The number of nitrogens with one attached hydrogen (secondary N) is 2. The Bertz CT molecular complexity index is 828. The standard InChI is InChI=1S/C20H21ClN2O.C2H7N.C2H6.CH2O/c1-12-4-10-16-17(11-5-12)19(14-6-8-15(21)9-7-14)23(3)20-18(16)13(2)22-24-20;1-3-2;2*1-2/h4-13,19,22H,1-3H3;3H,1-2H3;1-2H3;1H2. The van der Waals surface area contributed by atoms with Gasteiger partial charge in [0.1, 0.15) is 6.79 Å². The molecule has 0 radical (unpaired) electrons. The third kappa shape index (κ3) is 6.10. The number of hydrogen-bond donors (Lipinski definition) is 2. The number of carbonyl (C=O) groups excluding carboxylic acids is 1. The molecule has 1 aliphatic carbocycles. The molecular weight excluding hydrogens is 410 g/mol. The van der Waals surface area contributed by atoms with Crippen molar-refractivity contribution >= 4 is 18.4 Å². The molecule has 2 heterocycles. The number of likely N-dealkylation sites (N-methyl/N-ethyl adjacent to an activating group) is 1. The van der Waals surface area contributed by atoms with Crippen LogP contribution >= 0.6 is 11.6 Å². The maximum absolute atomic E-state index is 8.00. The summed E-state index contributed by atoms with van der Waals surface area (Å²) in [7, 11) is 5.84. The Hall–Kier alpha value is -2.34. The van der Waals surface area contributed by atoms with E-state index in [2.05, 4.69) is 73.0 Å². The molecule has 0 saturated carbocycles. The fourth-order valence-corrected chi connectivity index (χ4v) is 3.79. The van der Waals surface area contributed by atoms with Gasteiger partial charge in [-0.05, 0) is 55.8 Å². The number of hydroxylamine groups is 1. The van der Waals surface area contributed by atoms with E-state index in [1.165, 1.54) is 22.3 Å². The second kappa shape index (κ2) is 13.2. The van der Waals surface area contributed by atoms with Gasteiger partial charge in [-0.2, -0.15) is 0 Å². The van der Waals surface area contributed by atoms with Crippen molar-refractivity contribution in [3.8, 4) is 0 Å². The summed E-state index contributed by atoms with van der Waals surface area (Å²) in [4.78, 5) is 16.0. The van der Waals surface area contributed by atoms with Crippen LogP contribution in [0.5, 0.6) is 0 Å². The van der Waals surface area contributed by atoms with Gasteiger partial charge in [-0.1, -0.05) is 68.8 Å². The van der Waals surface area contributed by atoms with Crippen molar-refractivity contribution in [3.05, 3.63) is 81.8 Å². The average Bonchev–Trinajstić information content (AvgIpc) is 3.07. The lowest BCUT2D eigenvalue weighted by atomic mass is 9.85. The number of fused-ring (bicyclic) bond motifs is 1. The predicted molar refractivity (Wildman–Crippen MR) is 131 cm³/mol. The van der Waals surface area contributed by atoms with Crippen molar-refractivity contribution in [1.82, 2.24) is 15.7 Å². The summed E-state index contributed by atoms with van der Waals surface area (Å²) < 4.78 is 0. The second-order valence-electron chi connectivity index (χ2n) is 7.17. The molecule has 3 aliphatic rings. The van der Waals surface area contributed by atoms with Crippen molar-refractivity contribution in [2.45, 2.75) is 39.8 Å². The first-order valence-corrected chi connectivity index (χ1v) is 11.0. The Morgan fingerprint density at radius 2 is 1.61 bits per heavy atom. The number of benzene rings is 1. The van der Waals surface area contributed by atoms with Gasteiger partial charge in [-0.15, -0.1) is 5.48 Å². The van der Waals surface area contributed by atoms with Crippen LogP contribution in [-0.2, 0) is 9.63 Å². The summed E-state index contributed by atoms with van der Waals surface area (Å²) in [5.74, 6) is 1.33. The minimum Gasteiger partial charge on any atom is -0.390 e. The summed E-state index contributed by atoms with van der Waals surface area (Å²) >= 11 is 6.08. The molecule has 0 bridgehead atoms. The lowest BCUT2D eigenvalue weighted by Gasteiger charge is -2.36. The molecule has 3 atom stereocenters. The summed E-state index contributed by atoms with van der Waals surface area (Å²) in [5, 5.41) is 3.50. The van der Waals surface area contributed by atoms with Crippen molar-refractivity contribution in [2.24, 2.45) is 5.92 Å². The van der Waals surface area contributed by atoms with Crippen molar-refractivity contribution in [1.29, 1.82) is 0 Å². The van der Waals surface area contributed by atoms with E-state index in [-0.39, 0.29) is 12.1 Å². The van der Waals surface area contributed by atoms with Gasteiger partial charge in [0, 0.05) is 17.6 Å². The predicted octanol–water partition coefficient (Wildman–Crippen LogP) is 5.20. The SMILES string of the molecule is C=O.CC.CC1C=CC2=C(C=C1)C(c1ccc(Cl)cc1)N(C)C1=C2C(C)NO1.CNC. The third-order valence-electron chi connectivity index (χ3n) is 4.93. The van der Waals surface area contributed by atoms with E-state index in [0.29, 0.717) is 5.92 Å². The molecule has 3 unspecified atom stereocenters. The molecule has 4 rings (SSSR count). The fraction of sp³-hybridized carbons (Fsp3) is 0.400. The van der Waals surface area contributed by atoms with Crippen LogP contribution in [0.2, 0.25) is 5.02 Å². The Balaban J connectivity index is 0.000000620. The Morgan fingerprint density at radius 1 is 1.06 bits per heavy atom. The fourth-order valence-electron chi connectivity index (χ4n) is 3.67. The van der Waals surface area contributed by atoms with E-state index in [9.17, 15) is 0 Å². The lowest BCUT2D eigenvalue weighted by molar-refractivity contribution is -0.0979.